The summed E-state index contributed by atoms with van der Waals surface area (Å²) in [4.78, 5) is 22.1. The first-order chi connectivity index (χ1) is 9.18. The van der Waals surface area contributed by atoms with Crippen molar-refractivity contribution in [1.29, 1.82) is 0 Å². The third-order valence-electron chi connectivity index (χ3n) is 3.54. The van der Waals surface area contributed by atoms with Gasteiger partial charge in [0.25, 0.3) is 0 Å². The molecular weight excluding hydrogens is 260 g/mol. The molecule has 0 aliphatic heterocycles. The first kappa shape index (κ1) is 14.1. The average Bonchev–Trinajstić information content (AvgIpc) is 2.46. The van der Waals surface area contributed by atoms with E-state index in [-0.39, 0.29) is 5.91 Å². The van der Waals surface area contributed by atoms with Crippen LogP contribution in [-0.4, -0.2) is 39.6 Å². The highest BCUT2D eigenvalue weighted by atomic mass is 32.2. The maximum absolute atomic E-state index is 12.1. The minimum Gasteiger partial charge on any atom is -0.381 e. The Morgan fingerprint density at radius 2 is 2.05 bits per heavy atom. The van der Waals surface area contributed by atoms with E-state index < -0.39 is 0 Å². The highest BCUT2D eigenvalue weighted by molar-refractivity contribution is 8.00. The highest BCUT2D eigenvalue weighted by Gasteiger charge is 2.22. The summed E-state index contributed by atoms with van der Waals surface area (Å²) in [6, 6.07) is 0.404. The fourth-order valence-corrected chi connectivity index (χ4v) is 3.15. The molecule has 1 aromatic heterocycles. The van der Waals surface area contributed by atoms with Crippen LogP contribution < -0.4 is 5.73 Å². The van der Waals surface area contributed by atoms with Crippen LogP contribution in [0.2, 0.25) is 0 Å². The molecule has 1 aliphatic rings. The predicted octanol–water partition coefficient (Wildman–Crippen LogP) is 1.94. The zero-order valence-electron chi connectivity index (χ0n) is 11.2. The van der Waals surface area contributed by atoms with Crippen LogP contribution in [0.5, 0.6) is 0 Å². The summed E-state index contributed by atoms with van der Waals surface area (Å²) in [5.74, 6) is 0.901. The van der Waals surface area contributed by atoms with Crippen LogP contribution in [0.1, 0.15) is 32.1 Å². The molecule has 0 bridgehead atoms. The van der Waals surface area contributed by atoms with Crippen molar-refractivity contribution in [1.82, 2.24) is 14.9 Å². The van der Waals surface area contributed by atoms with Crippen molar-refractivity contribution in [3.8, 4) is 0 Å². The molecule has 1 aromatic rings. The molecule has 5 nitrogen and oxygen atoms in total. The number of hydrogen-bond acceptors (Lipinski definition) is 5. The van der Waals surface area contributed by atoms with Crippen LogP contribution in [0.3, 0.4) is 0 Å². The van der Waals surface area contributed by atoms with Gasteiger partial charge in [-0.05, 0) is 12.8 Å². The van der Waals surface area contributed by atoms with Crippen molar-refractivity contribution in [3.05, 3.63) is 12.4 Å². The summed E-state index contributed by atoms with van der Waals surface area (Å²) < 4.78 is 0. The molecule has 6 heteroatoms. The van der Waals surface area contributed by atoms with Crippen molar-refractivity contribution in [2.75, 3.05) is 18.5 Å². The fourth-order valence-electron chi connectivity index (χ4n) is 2.35. The maximum atomic E-state index is 12.1. The Labute approximate surface area is 118 Å². The van der Waals surface area contributed by atoms with Gasteiger partial charge in [-0.1, -0.05) is 31.0 Å². The smallest absolute Gasteiger partial charge is 0.232 e. The molecule has 1 fully saturated rings. The van der Waals surface area contributed by atoms with Crippen LogP contribution in [0.4, 0.5) is 5.82 Å². The number of hydrogen-bond donors (Lipinski definition) is 1. The minimum atomic E-state index is 0.141. The summed E-state index contributed by atoms with van der Waals surface area (Å²) in [6.07, 6.45) is 9.15. The molecule has 19 heavy (non-hydrogen) atoms. The van der Waals surface area contributed by atoms with Crippen molar-refractivity contribution in [2.24, 2.45) is 0 Å². The zero-order chi connectivity index (χ0) is 13.7. The molecule has 1 saturated carbocycles. The van der Waals surface area contributed by atoms with Gasteiger partial charge in [0, 0.05) is 25.5 Å². The SMILES string of the molecule is CN(C(=O)CSc1nccnc1N)C1CCCCC1. The van der Waals surface area contributed by atoms with Crippen LogP contribution >= 0.6 is 11.8 Å². The number of thioether (sulfide) groups is 1. The molecule has 0 atom stereocenters. The van der Waals surface area contributed by atoms with Crippen molar-refractivity contribution < 1.29 is 4.79 Å². The molecule has 0 saturated heterocycles. The van der Waals surface area contributed by atoms with E-state index in [0.717, 1.165) is 12.8 Å². The Bertz CT molecular complexity index is 434. The standard InChI is InChI=1S/C13H20N4OS/c1-17(10-5-3-2-4-6-10)11(18)9-19-13-12(14)15-7-8-16-13/h7-8,10H,2-6,9H2,1H3,(H2,14,15). The number of nitrogen functional groups attached to an aromatic ring is 1. The molecule has 1 aliphatic carbocycles. The number of carbonyl (C=O) groups is 1. The molecular formula is C13H20N4OS. The van der Waals surface area contributed by atoms with E-state index in [4.69, 9.17) is 5.73 Å². The number of carbonyl (C=O) groups excluding carboxylic acids is 1. The third-order valence-corrected chi connectivity index (χ3v) is 4.52. The molecule has 1 amide bonds. The van der Waals surface area contributed by atoms with Crippen LogP contribution in [0, 0.1) is 0 Å². The fraction of sp³-hybridized carbons (Fsp3) is 0.615. The van der Waals surface area contributed by atoms with Gasteiger partial charge in [0.1, 0.15) is 5.03 Å². The van der Waals surface area contributed by atoms with E-state index >= 15 is 0 Å². The average molecular weight is 280 g/mol. The Balaban J connectivity index is 1.85. The second kappa shape index (κ2) is 6.75. The maximum Gasteiger partial charge on any atom is 0.232 e. The third kappa shape index (κ3) is 3.83. The second-order valence-corrected chi connectivity index (χ2v) is 5.80. The molecule has 2 N–H and O–H groups in total. The number of rotatable bonds is 4. The largest absolute Gasteiger partial charge is 0.381 e. The lowest BCUT2D eigenvalue weighted by Crippen LogP contribution is -2.39. The van der Waals surface area contributed by atoms with Gasteiger partial charge in [-0.15, -0.1) is 0 Å². The van der Waals surface area contributed by atoms with Gasteiger partial charge < -0.3 is 10.6 Å². The normalized spacial score (nSPS) is 16.3. The number of amides is 1. The monoisotopic (exact) mass is 280 g/mol. The highest BCUT2D eigenvalue weighted by Crippen LogP contribution is 2.24. The molecule has 0 aromatic carbocycles. The summed E-state index contributed by atoms with van der Waals surface area (Å²) in [5.41, 5.74) is 5.71. The summed E-state index contributed by atoms with van der Waals surface area (Å²) >= 11 is 1.36. The molecule has 0 spiro atoms. The lowest BCUT2D eigenvalue weighted by Gasteiger charge is -2.31. The van der Waals surface area contributed by atoms with E-state index in [1.54, 1.807) is 12.4 Å². The van der Waals surface area contributed by atoms with Crippen LogP contribution in [0.15, 0.2) is 17.4 Å². The Morgan fingerprint density at radius 3 is 2.74 bits per heavy atom. The quantitative estimate of drug-likeness (QED) is 0.853. The van der Waals surface area contributed by atoms with Crippen molar-refractivity contribution >= 4 is 23.5 Å². The summed E-state index contributed by atoms with van der Waals surface area (Å²) in [6.45, 7) is 0. The van der Waals surface area contributed by atoms with E-state index in [2.05, 4.69) is 9.97 Å². The molecule has 104 valence electrons. The lowest BCUT2D eigenvalue weighted by molar-refractivity contribution is -0.129. The zero-order valence-corrected chi connectivity index (χ0v) is 12.0. The topological polar surface area (TPSA) is 72.1 Å². The number of nitrogens with zero attached hydrogens (tertiary/aromatic N) is 3. The van der Waals surface area contributed by atoms with E-state index in [0.29, 0.717) is 22.6 Å². The Morgan fingerprint density at radius 1 is 1.37 bits per heavy atom. The minimum absolute atomic E-state index is 0.141. The molecule has 0 unspecified atom stereocenters. The van der Waals surface area contributed by atoms with Crippen molar-refractivity contribution in [3.63, 3.8) is 0 Å². The predicted molar refractivity (Wildman–Crippen MR) is 76.8 cm³/mol. The first-order valence-electron chi connectivity index (χ1n) is 6.63. The van der Waals surface area contributed by atoms with E-state index in [1.807, 2.05) is 11.9 Å². The lowest BCUT2D eigenvalue weighted by atomic mass is 9.94. The second-order valence-electron chi connectivity index (χ2n) is 4.83. The molecule has 0 radical (unpaired) electrons. The summed E-state index contributed by atoms with van der Waals surface area (Å²) in [7, 11) is 1.90. The van der Waals surface area contributed by atoms with E-state index in [9.17, 15) is 4.79 Å². The van der Waals surface area contributed by atoms with Gasteiger partial charge in [-0.3, -0.25) is 4.79 Å². The Kier molecular flexibility index (Phi) is 5.01. The van der Waals surface area contributed by atoms with Gasteiger partial charge in [0.2, 0.25) is 5.91 Å². The van der Waals surface area contributed by atoms with Gasteiger partial charge in [0.15, 0.2) is 5.82 Å². The Hall–Kier alpha value is -1.30. The van der Waals surface area contributed by atoms with Gasteiger partial charge in [0.05, 0.1) is 5.75 Å². The number of nitrogens with two attached hydrogens (primary N) is 1. The van der Waals surface area contributed by atoms with Crippen LogP contribution in [-0.2, 0) is 4.79 Å². The molecule has 1 heterocycles. The first-order valence-corrected chi connectivity index (χ1v) is 7.62. The number of aromatic nitrogens is 2. The van der Waals surface area contributed by atoms with Gasteiger partial charge >= 0.3 is 0 Å². The number of anilines is 1. The van der Waals surface area contributed by atoms with Crippen molar-refractivity contribution in [2.45, 2.75) is 43.2 Å². The van der Waals surface area contributed by atoms with E-state index in [1.165, 1.54) is 31.0 Å². The van der Waals surface area contributed by atoms with Gasteiger partial charge in [-0.2, -0.15) is 0 Å². The molecule has 2 rings (SSSR count). The summed E-state index contributed by atoms with van der Waals surface area (Å²) in [5, 5.41) is 0.632. The van der Waals surface area contributed by atoms with Gasteiger partial charge in [-0.25, -0.2) is 9.97 Å². The van der Waals surface area contributed by atoms with Crippen LogP contribution in [0.25, 0.3) is 0 Å².